The molecule has 0 spiro atoms. The van der Waals surface area contributed by atoms with E-state index in [0.717, 1.165) is 0 Å². The van der Waals surface area contributed by atoms with Gasteiger partial charge in [0.1, 0.15) is 0 Å². The van der Waals surface area contributed by atoms with Crippen molar-refractivity contribution in [1.82, 2.24) is 0 Å². The minimum Gasteiger partial charge on any atom is -0.478 e. The van der Waals surface area contributed by atoms with Gasteiger partial charge in [0.25, 0.3) is 0 Å². The normalized spacial score (nSPS) is 31.5. The van der Waals surface area contributed by atoms with Crippen molar-refractivity contribution in [2.45, 2.75) is 31.5 Å². The lowest BCUT2D eigenvalue weighted by molar-refractivity contribution is -0.258. The van der Waals surface area contributed by atoms with Crippen LogP contribution < -0.4 is 0 Å². The van der Waals surface area contributed by atoms with Gasteiger partial charge in [-0.25, -0.2) is 4.79 Å². The molecule has 0 radical (unpaired) electrons. The molecule has 0 aliphatic carbocycles. The summed E-state index contributed by atoms with van der Waals surface area (Å²) in [7, 11) is 0. The van der Waals surface area contributed by atoms with Gasteiger partial charge in [-0.05, 0) is 6.42 Å². The van der Waals surface area contributed by atoms with Crippen molar-refractivity contribution in [1.29, 1.82) is 0 Å². The number of ether oxygens (including phenoxy) is 1. The Balaban J connectivity index is 3.08. The first-order valence-electron chi connectivity index (χ1n) is 4.27. The summed E-state index contributed by atoms with van der Waals surface area (Å²) in [4.78, 5) is 21.6. The number of hydrogen-bond acceptors (Lipinski definition) is 3. The monoisotopic (exact) mass is 226 g/mol. The summed E-state index contributed by atoms with van der Waals surface area (Å²) < 4.78 is 41.5. The summed E-state index contributed by atoms with van der Waals surface area (Å²) in [6.45, 7) is 1.50. The summed E-state index contributed by atoms with van der Waals surface area (Å²) in [5, 5.41) is 8.53. The molecule has 1 N–H and O–H groups in total. The number of carbonyl (C=O) groups is 2. The Kier molecular flexibility index (Phi) is 2.67. The average molecular weight is 226 g/mol. The second-order valence-electron chi connectivity index (χ2n) is 3.36. The van der Waals surface area contributed by atoms with E-state index < -0.39 is 36.1 Å². The first kappa shape index (κ1) is 11.8. The Bertz CT molecular complexity index is 299. The number of carboxylic acids is 1. The van der Waals surface area contributed by atoms with Crippen LogP contribution in [0.15, 0.2) is 0 Å². The van der Waals surface area contributed by atoms with E-state index >= 15 is 0 Å². The minimum absolute atomic E-state index is 0.129. The predicted molar refractivity (Wildman–Crippen MR) is 40.9 cm³/mol. The standard InChI is InChI=1S/C8H9F3O4/c1-2-4-3-7(6(13)14,8(9,10)11)15-5(4)12/h4H,2-3H2,1H3,(H,13,14). The molecule has 0 bridgehead atoms. The van der Waals surface area contributed by atoms with Crippen LogP contribution in [0.1, 0.15) is 19.8 Å². The van der Waals surface area contributed by atoms with E-state index in [1.54, 1.807) is 0 Å². The summed E-state index contributed by atoms with van der Waals surface area (Å²) in [6.07, 6.45) is -5.80. The van der Waals surface area contributed by atoms with Gasteiger partial charge < -0.3 is 9.84 Å². The average Bonchev–Trinajstić information content (AvgIpc) is 2.42. The van der Waals surface area contributed by atoms with E-state index in [-0.39, 0.29) is 6.42 Å². The van der Waals surface area contributed by atoms with Gasteiger partial charge in [-0.3, -0.25) is 4.79 Å². The maximum Gasteiger partial charge on any atom is 0.439 e. The summed E-state index contributed by atoms with van der Waals surface area (Å²) in [5.41, 5.74) is -3.36. The number of hydrogen-bond donors (Lipinski definition) is 1. The molecule has 1 heterocycles. The van der Waals surface area contributed by atoms with Crippen molar-refractivity contribution in [3.63, 3.8) is 0 Å². The molecular formula is C8H9F3O4. The van der Waals surface area contributed by atoms with E-state index in [1.165, 1.54) is 6.92 Å². The van der Waals surface area contributed by atoms with Crippen LogP contribution in [0.4, 0.5) is 13.2 Å². The second-order valence-corrected chi connectivity index (χ2v) is 3.36. The van der Waals surface area contributed by atoms with Gasteiger partial charge in [-0.2, -0.15) is 13.2 Å². The largest absolute Gasteiger partial charge is 0.478 e. The van der Waals surface area contributed by atoms with Crippen LogP contribution in [-0.4, -0.2) is 28.8 Å². The van der Waals surface area contributed by atoms with Crippen LogP contribution in [0, 0.1) is 5.92 Å². The Morgan fingerprint density at radius 3 is 2.40 bits per heavy atom. The summed E-state index contributed by atoms with van der Waals surface area (Å²) in [5.74, 6) is -4.26. The summed E-state index contributed by atoms with van der Waals surface area (Å²) in [6, 6.07) is 0. The molecular weight excluding hydrogens is 217 g/mol. The Morgan fingerprint density at radius 1 is 1.67 bits per heavy atom. The van der Waals surface area contributed by atoms with Gasteiger partial charge in [-0.1, -0.05) is 6.92 Å². The lowest BCUT2D eigenvalue weighted by Gasteiger charge is -2.25. The molecule has 0 aromatic carbocycles. The molecule has 86 valence electrons. The number of aliphatic carboxylic acids is 1. The molecule has 2 unspecified atom stereocenters. The number of halogens is 3. The first-order valence-corrected chi connectivity index (χ1v) is 4.27. The number of alkyl halides is 3. The fourth-order valence-electron chi connectivity index (χ4n) is 1.46. The van der Waals surface area contributed by atoms with Gasteiger partial charge in [0.2, 0.25) is 0 Å². The zero-order valence-corrected chi connectivity index (χ0v) is 7.80. The highest BCUT2D eigenvalue weighted by molar-refractivity contribution is 5.87. The minimum atomic E-state index is -5.08. The number of cyclic esters (lactones) is 1. The topological polar surface area (TPSA) is 63.6 Å². The maximum atomic E-state index is 12.5. The fraction of sp³-hybridized carbons (Fsp3) is 0.750. The highest BCUT2D eigenvalue weighted by Crippen LogP contribution is 2.44. The SMILES string of the molecule is CCC1CC(C(=O)O)(C(F)(F)F)OC1=O. The summed E-state index contributed by atoms with van der Waals surface area (Å²) >= 11 is 0. The van der Waals surface area contributed by atoms with Crippen LogP contribution >= 0.6 is 0 Å². The molecule has 1 aliphatic heterocycles. The zero-order valence-electron chi connectivity index (χ0n) is 7.80. The molecule has 0 aromatic heterocycles. The first-order chi connectivity index (χ1) is 6.74. The third kappa shape index (κ3) is 1.66. The highest BCUT2D eigenvalue weighted by Gasteiger charge is 2.69. The predicted octanol–water partition coefficient (Wildman–Crippen LogP) is 1.35. The number of carbonyl (C=O) groups excluding carboxylic acids is 1. The van der Waals surface area contributed by atoms with E-state index in [4.69, 9.17) is 5.11 Å². The van der Waals surface area contributed by atoms with E-state index in [9.17, 15) is 22.8 Å². The van der Waals surface area contributed by atoms with Crippen molar-refractivity contribution < 1.29 is 32.6 Å². The Labute approximate surface area is 83.0 Å². The van der Waals surface area contributed by atoms with Gasteiger partial charge in [0.05, 0.1) is 5.92 Å². The molecule has 0 saturated carbocycles. The van der Waals surface area contributed by atoms with E-state index in [0.29, 0.717) is 0 Å². The molecule has 1 fully saturated rings. The van der Waals surface area contributed by atoms with E-state index in [1.807, 2.05) is 0 Å². The maximum absolute atomic E-state index is 12.5. The van der Waals surface area contributed by atoms with Crippen LogP contribution in [-0.2, 0) is 14.3 Å². The van der Waals surface area contributed by atoms with Crippen molar-refractivity contribution in [3.8, 4) is 0 Å². The zero-order chi connectivity index (χ0) is 11.9. The smallest absolute Gasteiger partial charge is 0.439 e. The van der Waals surface area contributed by atoms with Gasteiger partial charge >= 0.3 is 23.7 Å². The number of rotatable bonds is 2. The molecule has 2 atom stereocenters. The number of esters is 1. The van der Waals surface area contributed by atoms with Crippen molar-refractivity contribution in [3.05, 3.63) is 0 Å². The lowest BCUT2D eigenvalue weighted by atomic mass is 9.92. The molecule has 1 rings (SSSR count). The van der Waals surface area contributed by atoms with Crippen LogP contribution in [0.2, 0.25) is 0 Å². The van der Waals surface area contributed by atoms with Crippen molar-refractivity contribution >= 4 is 11.9 Å². The highest BCUT2D eigenvalue weighted by atomic mass is 19.4. The molecule has 1 aliphatic rings. The van der Waals surface area contributed by atoms with Gasteiger partial charge in [0, 0.05) is 6.42 Å². The van der Waals surface area contributed by atoms with Crippen LogP contribution in [0.25, 0.3) is 0 Å². The fourth-order valence-corrected chi connectivity index (χ4v) is 1.46. The van der Waals surface area contributed by atoms with Gasteiger partial charge in [0.15, 0.2) is 0 Å². The molecule has 1 saturated heterocycles. The van der Waals surface area contributed by atoms with Crippen LogP contribution in [0.3, 0.4) is 0 Å². The number of carboxylic acid groups (broad SMARTS) is 1. The molecule has 15 heavy (non-hydrogen) atoms. The van der Waals surface area contributed by atoms with Crippen LogP contribution in [0.5, 0.6) is 0 Å². The molecule has 0 aromatic rings. The molecule has 4 nitrogen and oxygen atoms in total. The van der Waals surface area contributed by atoms with Gasteiger partial charge in [-0.15, -0.1) is 0 Å². The third-order valence-electron chi connectivity index (χ3n) is 2.44. The molecule has 0 amide bonds. The Hall–Kier alpha value is -1.27. The quantitative estimate of drug-likeness (QED) is 0.722. The van der Waals surface area contributed by atoms with Crippen molar-refractivity contribution in [2.75, 3.05) is 0 Å². The molecule has 7 heteroatoms. The Morgan fingerprint density at radius 2 is 2.20 bits per heavy atom. The second kappa shape index (κ2) is 3.39. The van der Waals surface area contributed by atoms with E-state index in [2.05, 4.69) is 4.74 Å². The lowest BCUT2D eigenvalue weighted by Crippen LogP contribution is -2.51. The third-order valence-corrected chi connectivity index (χ3v) is 2.44. The van der Waals surface area contributed by atoms with Crippen molar-refractivity contribution in [2.24, 2.45) is 5.92 Å².